The highest BCUT2D eigenvalue weighted by molar-refractivity contribution is 6.74. The van der Waals surface area contributed by atoms with Gasteiger partial charge < -0.3 is 4.74 Å². The van der Waals surface area contributed by atoms with E-state index in [0.29, 0.717) is 6.42 Å². The maximum atomic E-state index is 6.37. The Kier molecular flexibility index (Phi) is 5.30. The highest BCUT2D eigenvalue weighted by Crippen LogP contribution is 2.44. The molecule has 0 N–H and O–H groups in total. The van der Waals surface area contributed by atoms with Crippen molar-refractivity contribution in [3.8, 4) is 0 Å². The van der Waals surface area contributed by atoms with Crippen molar-refractivity contribution in [1.29, 1.82) is 0 Å². The van der Waals surface area contributed by atoms with E-state index in [0.717, 1.165) is 5.70 Å². The molecule has 1 aliphatic heterocycles. The van der Waals surface area contributed by atoms with Gasteiger partial charge in [0.05, 0.1) is 5.70 Å². The van der Waals surface area contributed by atoms with E-state index in [1.807, 2.05) is 25.1 Å². The number of nitrogens with zero attached hydrogens (tertiary/aromatic N) is 1. The Balaban J connectivity index is 2.32. The molecule has 2 atom stereocenters. The summed E-state index contributed by atoms with van der Waals surface area (Å²) in [6.07, 6.45) is 0.698. The number of hydrogen-bond acceptors (Lipinski definition) is 4. The first-order valence-corrected chi connectivity index (χ1v) is 11.4. The lowest BCUT2D eigenvalue weighted by Crippen LogP contribution is -2.53. The maximum absolute atomic E-state index is 6.37. The quantitative estimate of drug-likeness (QED) is 0.697. The van der Waals surface area contributed by atoms with Gasteiger partial charge in [-0.25, -0.2) is 4.84 Å². The van der Waals surface area contributed by atoms with Crippen LogP contribution >= 0.6 is 0 Å². The van der Waals surface area contributed by atoms with Crippen LogP contribution in [-0.4, -0.2) is 26.4 Å². The fourth-order valence-electron chi connectivity index (χ4n) is 2.42. The number of rotatable bonds is 4. The van der Waals surface area contributed by atoms with Crippen LogP contribution in [-0.2, 0) is 14.1 Å². The number of ether oxygens (including phenoxy) is 1. The monoisotopic (exact) mass is 349 g/mol. The second-order valence-electron chi connectivity index (χ2n) is 8.20. The van der Waals surface area contributed by atoms with E-state index < -0.39 is 14.1 Å². The number of hydrogen-bond donors (Lipinski definition) is 0. The highest BCUT2D eigenvalue weighted by Gasteiger charge is 2.46. The normalized spacial score (nSPS) is 25.9. The lowest BCUT2D eigenvalue weighted by molar-refractivity contribution is -0.422. The van der Waals surface area contributed by atoms with Gasteiger partial charge in [-0.3, -0.25) is 4.53 Å². The van der Waals surface area contributed by atoms with E-state index >= 15 is 0 Å². The second kappa shape index (κ2) is 6.63. The van der Waals surface area contributed by atoms with Gasteiger partial charge >= 0.3 is 0 Å². The van der Waals surface area contributed by atoms with E-state index in [4.69, 9.17) is 14.1 Å². The van der Waals surface area contributed by atoms with Crippen molar-refractivity contribution in [1.82, 2.24) is 5.23 Å². The minimum atomic E-state index is -2.06. The number of benzene rings is 1. The minimum Gasteiger partial charge on any atom is -0.351 e. The second-order valence-corrected chi connectivity index (χ2v) is 12.9. The van der Waals surface area contributed by atoms with Crippen LogP contribution in [0, 0.1) is 0 Å². The topological polar surface area (TPSA) is 30.9 Å². The molecule has 1 aromatic rings. The van der Waals surface area contributed by atoms with Crippen molar-refractivity contribution in [2.45, 2.75) is 64.0 Å². The summed E-state index contributed by atoms with van der Waals surface area (Å²) >= 11 is 0. The molecule has 0 bridgehead atoms. The van der Waals surface area contributed by atoms with E-state index in [9.17, 15) is 0 Å². The first kappa shape index (κ1) is 19.2. The maximum Gasteiger partial charge on any atom is 0.232 e. The predicted octanol–water partition coefficient (Wildman–Crippen LogP) is 5.22. The Hall–Kier alpha value is -1.14. The third-order valence-corrected chi connectivity index (χ3v) is 9.47. The highest BCUT2D eigenvalue weighted by atomic mass is 28.4. The molecule has 0 unspecified atom stereocenters. The fourth-order valence-corrected chi connectivity index (χ4v) is 3.27. The van der Waals surface area contributed by atoms with E-state index in [-0.39, 0.29) is 11.0 Å². The molecular weight excluding hydrogens is 318 g/mol. The van der Waals surface area contributed by atoms with Gasteiger partial charge in [-0.05, 0) is 30.6 Å². The van der Waals surface area contributed by atoms with E-state index in [1.54, 1.807) is 7.11 Å². The van der Waals surface area contributed by atoms with Crippen molar-refractivity contribution < 1.29 is 14.1 Å². The molecule has 5 heteroatoms. The summed E-state index contributed by atoms with van der Waals surface area (Å²) in [5, 5.41) is 1.60. The van der Waals surface area contributed by atoms with Gasteiger partial charge in [0, 0.05) is 19.4 Å². The van der Waals surface area contributed by atoms with Gasteiger partial charge in [0.25, 0.3) is 0 Å². The van der Waals surface area contributed by atoms with Crippen molar-refractivity contribution in [2.75, 3.05) is 7.11 Å². The van der Waals surface area contributed by atoms with Crippen LogP contribution in [0.1, 0.15) is 45.6 Å². The van der Waals surface area contributed by atoms with Crippen molar-refractivity contribution in [2.24, 2.45) is 0 Å². The predicted molar refractivity (Wildman–Crippen MR) is 99.6 cm³/mol. The average Bonchev–Trinajstić information content (AvgIpc) is 2.50. The molecular formula is C19H31NO3Si. The lowest BCUT2D eigenvalue weighted by atomic mass is 9.89. The third kappa shape index (κ3) is 3.91. The van der Waals surface area contributed by atoms with E-state index in [2.05, 4.69) is 52.6 Å². The molecule has 2 rings (SSSR count). The largest absolute Gasteiger partial charge is 0.351 e. The molecule has 1 saturated heterocycles. The fraction of sp³-hybridized carbons (Fsp3) is 0.579. The molecule has 24 heavy (non-hydrogen) atoms. The van der Waals surface area contributed by atoms with Crippen LogP contribution < -0.4 is 0 Å². The van der Waals surface area contributed by atoms with Crippen LogP contribution in [0.2, 0.25) is 18.1 Å². The Morgan fingerprint density at radius 1 is 1.25 bits per heavy atom. The molecule has 0 radical (unpaired) electrons. The van der Waals surface area contributed by atoms with Gasteiger partial charge in [0.15, 0.2) is 5.79 Å². The van der Waals surface area contributed by atoms with Crippen LogP contribution in [0.3, 0.4) is 0 Å². The summed E-state index contributed by atoms with van der Waals surface area (Å²) in [7, 11) is -0.388. The molecule has 1 aliphatic rings. The van der Waals surface area contributed by atoms with Crippen LogP contribution in [0.15, 0.2) is 42.6 Å². The molecule has 0 saturated carbocycles. The Morgan fingerprint density at radius 3 is 2.33 bits per heavy atom. The standard InChI is InChI=1S/C19H31NO3Si/c1-15-17(16-12-10-9-11-13-16)14-19(5,21-6)22-20(15)23-24(7,8)18(2,3)4/h9-13,17H,1,14H2,2-8H3/t17-,19+/m0/s1. The summed E-state index contributed by atoms with van der Waals surface area (Å²) in [5.41, 5.74) is 2.01. The van der Waals surface area contributed by atoms with Crippen LogP contribution in [0.5, 0.6) is 0 Å². The number of hydroxylamine groups is 2. The first-order valence-electron chi connectivity index (χ1n) is 8.46. The molecule has 0 amide bonds. The molecule has 4 nitrogen and oxygen atoms in total. The molecule has 134 valence electrons. The molecule has 1 aromatic carbocycles. The zero-order valence-corrected chi connectivity index (χ0v) is 17.1. The number of methoxy groups -OCH3 is 1. The summed E-state index contributed by atoms with van der Waals surface area (Å²) in [6, 6.07) is 10.3. The minimum absolute atomic E-state index is 0.0692. The van der Waals surface area contributed by atoms with Crippen molar-refractivity contribution in [3.05, 3.63) is 48.2 Å². The zero-order chi connectivity index (χ0) is 18.2. The average molecular weight is 350 g/mol. The lowest BCUT2D eigenvalue weighted by Gasteiger charge is -2.48. The van der Waals surface area contributed by atoms with Crippen LogP contribution in [0.4, 0.5) is 0 Å². The van der Waals surface area contributed by atoms with Gasteiger partial charge in [0.2, 0.25) is 8.32 Å². The summed E-state index contributed by atoms with van der Waals surface area (Å²) in [6.45, 7) is 17.2. The summed E-state index contributed by atoms with van der Waals surface area (Å²) in [4.78, 5) is 6.04. The van der Waals surface area contributed by atoms with Crippen molar-refractivity contribution >= 4 is 8.32 Å². The Morgan fingerprint density at radius 2 is 1.83 bits per heavy atom. The van der Waals surface area contributed by atoms with Gasteiger partial charge in [0.1, 0.15) is 0 Å². The molecule has 0 aromatic heterocycles. The van der Waals surface area contributed by atoms with E-state index in [1.165, 1.54) is 10.8 Å². The van der Waals surface area contributed by atoms with Crippen molar-refractivity contribution in [3.63, 3.8) is 0 Å². The van der Waals surface area contributed by atoms with Gasteiger partial charge in [-0.2, -0.15) is 0 Å². The zero-order valence-electron chi connectivity index (χ0n) is 16.1. The molecule has 1 heterocycles. The Labute approximate surface area is 147 Å². The smallest absolute Gasteiger partial charge is 0.232 e. The summed E-state index contributed by atoms with van der Waals surface area (Å²) < 4.78 is 12.0. The SMILES string of the molecule is C=C1[C@@H](c2ccccc2)C[C@](C)(OC)ON1O[Si](C)(C)C(C)(C)C. The number of allylic oxidation sites excluding steroid dienone is 1. The summed E-state index contributed by atoms with van der Waals surface area (Å²) in [5.74, 6) is -0.654. The van der Waals surface area contributed by atoms with Gasteiger partial charge in [-0.15, -0.1) is 5.23 Å². The molecule has 0 aliphatic carbocycles. The Bertz CT molecular complexity index is 582. The van der Waals surface area contributed by atoms with Gasteiger partial charge in [-0.1, -0.05) is 57.7 Å². The molecule has 1 fully saturated rings. The first-order chi connectivity index (χ1) is 11.0. The molecule has 0 spiro atoms. The van der Waals surface area contributed by atoms with Crippen LogP contribution in [0.25, 0.3) is 0 Å². The third-order valence-electron chi connectivity index (χ3n) is 5.24.